The Kier molecular flexibility index (Phi) is 15.8. The Morgan fingerprint density at radius 2 is 1.27 bits per heavy atom. The third kappa shape index (κ3) is 10.9. The molecule has 17 nitrogen and oxygen atoms in total. The molecule has 2 aromatic heterocycles. The number of hydrogen-bond donors (Lipinski definition) is 4. The van der Waals surface area contributed by atoms with Crippen LogP contribution in [-0.4, -0.2) is 77.9 Å². The lowest BCUT2D eigenvalue weighted by Gasteiger charge is -2.21. The summed E-state index contributed by atoms with van der Waals surface area (Å²) in [6, 6.07) is 17.3. The van der Waals surface area contributed by atoms with Gasteiger partial charge in [0, 0.05) is 13.1 Å². The Balaban J connectivity index is 0.000000219. The quantitative estimate of drug-likeness (QED) is 0.0980. The van der Waals surface area contributed by atoms with Crippen LogP contribution in [0.2, 0.25) is 0 Å². The van der Waals surface area contributed by atoms with Crippen LogP contribution in [0.25, 0.3) is 0 Å². The van der Waals surface area contributed by atoms with Crippen LogP contribution in [0.4, 0.5) is 8.78 Å². The molecule has 0 bridgehead atoms. The first-order valence-corrected chi connectivity index (χ1v) is 22.5. The predicted molar refractivity (Wildman–Crippen MR) is 232 cm³/mol. The zero-order valence-corrected chi connectivity index (χ0v) is 37.3. The van der Waals surface area contributed by atoms with E-state index in [2.05, 4.69) is 41.8 Å². The van der Waals surface area contributed by atoms with Gasteiger partial charge in [-0.25, -0.2) is 18.7 Å². The molecule has 340 valence electrons. The molecule has 2 aliphatic rings. The topological polar surface area (TPSA) is 222 Å². The highest BCUT2D eigenvalue weighted by Crippen LogP contribution is 2.31. The highest BCUT2D eigenvalue weighted by Gasteiger charge is 2.34. The molecule has 3 aromatic carbocycles. The van der Waals surface area contributed by atoms with Crippen molar-refractivity contribution in [3.8, 4) is 11.5 Å². The molecule has 64 heavy (non-hydrogen) atoms. The van der Waals surface area contributed by atoms with E-state index in [9.17, 15) is 41.5 Å². The van der Waals surface area contributed by atoms with Gasteiger partial charge in [-0.05, 0) is 67.4 Å². The number of nitrogens with zero attached hydrogens (tertiary/aromatic N) is 4. The summed E-state index contributed by atoms with van der Waals surface area (Å²) in [7, 11) is -2.75. The lowest BCUT2D eigenvalue weighted by atomic mass is 10.2. The van der Waals surface area contributed by atoms with Crippen LogP contribution in [-0.2, 0) is 32.7 Å². The zero-order chi connectivity index (χ0) is 46.1. The number of halogens is 3. The number of alkyl halides is 1. The summed E-state index contributed by atoms with van der Waals surface area (Å²) in [5, 5.41) is 18.6. The second-order valence-corrected chi connectivity index (χ2v) is 17.3. The molecule has 4 heterocycles. The predicted octanol–water partition coefficient (Wildman–Crippen LogP) is 4.76. The highest BCUT2D eigenvalue weighted by atomic mass is 79.9. The summed E-state index contributed by atoms with van der Waals surface area (Å²) in [5.41, 5.74) is -1.03. The highest BCUT2D eigenvalue weighted by molar-refractivity contribution is 9.09. The SMILES string of the molecule is CC[C@H]1COCC(Br)c2nc(C(=O)NCc3ccc(F)cc3)c(OS(=O)(=O)c3ccccc3)c(=O)n21.CC[C@H]1COC[C@@H](NC)c2nc(C(=O)NCc3ccc(F)cc3)c(O)c(=O)n21. The van der Waals surface area contributed by atoms with Gasteiger partial charge in [0.05, 0.1) is 49.4 Å². The van der Waals surface area contributed by atoms with Gasteiger partial charge in [-0.3, -0.25) is 28.3 Å². The van der Waals surface area contributed by atoms with E-state index in [1.165, 1.54) is 81.9 Å². The largest absolute Gasteiger partial charge is 0.501 e. The molecule has 2 amide bonds. The molecule has 4 N–H and O–H groups in total. The van der Waals surface area contributed by atoms with Gasteiger partial charge in [0.1, 0.15) is 28.2 Å². The maximum Gasteiger partial charge on any atom is 0.339 e. The lowest BCUT2D eigenvalue weighted by Crippen LogP contribution is -2.36. The summed E-state index contributed by atoms with van der Waals surface area (Å²) < 4.78 is 71.4. The van der Waals surface area contributed by atoms with Crippen molar-refractivity contribution >= 4 is 37.9 Å². The Labute approximate surface area is 375 Å². The fourth-order valence-electron chi connectivity index (χ4n) is 6.86. The van der Waals surface area contributed by atoms with Crippen LogP contribution in [0, 0.1) is 11.6 Å². The van der Waals surface area contributed by atoms with Crippen LogP contribution in [0.15, 0.2) is 93.3 Å². The minimum Gasteiger partial charge on any atom is -0.501 e. The molecule has 0 radical (unpaired) electrons. The van der Waals surface area contributed by atoms with Gasteiger partial charge in [-0.1, -0.05) is 72.2 Å². The summed E-state index contributed by atoms with van der Waals surface area (Å²) in [6.45, 7) is 4.86. The van der Waals surface area contributed by atoms with Crippen molar-refractivity contribution in [1.82, 2.24) is 35.1 Å². The van der Waals surface area contributed by atoms with Crippen molar-refractivity contribution in [2.24, 2.45) is 0 Å². The monoisotopic (exact) mass is 969 g/mol. The van der Waals surface area contributed by atoms with Crippen LogP contribution in [0.1, 0.15) is 93.4 Å². The van der Waals surface area contributed by atoms with Crippen molar-refractivity contribution in [2.75, 3.05) is 33.5 Å². The number of ether oxygens (including phenoxy) is 2. The number of likely N-dealkylation sites (N-methyl/N-ethyl adjacent to an activating group) is 1. The number of rotatable bonds is 12. The number of benzene rings is 3. The smallest absolute Gasteiger partial charge is 0.339 e. The molecule has 21 heteroatoms. The number of amides is 2. The third-order valence-electron chi connectivity index (χ3n) is 10.4. The Morgan fingerprint density at radius 1 is 0.766 bits per heavy atom. The van der Waals surface area contributed by atoms with E-state index in [0.29, 0.717) is 43.0 Å². The molecule has 0 aliphatic carbocycles. The zero-order valence-electron chi connectivity index (χ0n) is 34.9. The molecule has 7 rings (SSSR count). The summed E-state index contributed by atoms with van der Waals surface area (Å²) >= 11 is 3.44. The van der Waals surface area contributed by atoms with Gasteiger partial charge in [0.2, 0.25) is 11.5 Å². The molecular formula is C43H46BrF2N7O10S. The van der Waals surface area contributed by atoms with Gasteiger partial charge < -0.3 is 34.7 Å². The van der Waals surface area contributed by atoms with E-state index in [-0.39, 0.29) is 54.6 Å². The fourth-order valence-corrected chi connectivity index (χ4v) is 8.32. The molecule has 1 unspecified atom stereocenters. The van der Waals surface area contributed by atoms with Gasteiger partial charge in [-0.2, -0.15) is 8.42 Å². The van der Waals surface area contributed by atoms with Crippen LogP contribution < -0.4 is 31.3 Å². The van der Waals surface area contributed by atoms with Crippen LogP contribution in [0.3, 0.4) is 0 Å². The average molecular weight is 971 g/mol. The maximum atomic E-state index is 13.7. The number of aromatic nitrogens is 4. The first-order valence-electron chi connectivity index (χ1n) is 20.2. The summed E-state index contributed by atoms with van der Waals surface area (Å²) in [6.07, 6.45) is 1.11. The normalized spacial score (nSPS) is 18.2. The Morgan fingerprint density at radius 3 is 1.80 bits per heavy atom. The first-order chi connectivity index (χ1) is 30.7. The van der Waals surface area contributed by atoms with E-state index in [1.54, 1.807) is 13.1 Å². The second kappa shape index (κ2) is 21.2. The van der Waals surface area contributed by atoms with Crippen LogP contribution >= 0.6 is 15.9 Å². The molecular weight excluding hydrogens is 924 g/mol. The second-order valence-electron chi connectivity index (χ2n) is 14.6. The van der Waals surface area contributed by atoms with Crippen LogP contribution in [0.5, 0.6) is 11.5 Å². The number of aromatic hydroxyl groups is 1. The van der Waals surface area contributed by atoms with E-state index in [1.807, 2.05) is 13.8 Å². The third-order valence-corrected chi connectivity index (χ3v) is 12.3. The number of fused-ring (bicyclic) bond motifs is 2. The molecule has 0 fully saturated rings. The molecule has 4 atom stereocenters. The lowest BCUT2D eigenvalue weighted by molar-refractivity contribution is 0.0933. The van der Waals surface area contributed by atoms with Crippen molar-refractivity contribution in [3.05, 3.63) is 145 Å². The number of nitrogens with one attached hydrogen (secondary N) is 3. The van der Waals surface area contributed by atoms with E-state index < -0.39 is 73.0 Å². The Hall–Kier alpha value is -5.87. The number of hydrogen-bond acceptors (Lipinski definition) is 13. The van der Waals surface area contributed by atoms with E-state index in [0.717, 1.165) is 0 Å². The minimum absolute atomic E-state index is 0.0114. The van der Waals surface area contributed by atoms with Gasteiger partial charge >= 0.3 is 10.1 Å². The first kappa shape index (κ1) is 47.6. The molecule has 0 spiro atoms. The Bertz CT molecular complexity index is 2690. The van der Waals surface area contributed by atoms with Crippen molar-refractivity contribution in [1.29, 1.82) is 0 Å². The number of carbonyl (C=O) groups excluding carboxylic acids is 2. The minimum atomic E-state index is -4.46. The van der Waals surface area contributed by atoms with Gasteiger partial charge in [0.25, 0.3) is 22.9 Å². The van der Waals surface area contributed by atoms with E-state index >= 15 is 0 Å². The standard InChI is InChI=1S/C24H23BrFN3O6S.C19H23FN4O4/c1-2-17-13-34-14-19(25)22-28-20(23(30)27-12-15-8-10-16(26)11-9-15)21(24(31)29(17)22)35-36(32,33)18-6-4-3-5-7-18;1-3-13-9-28-10-14(21-2)17-23-15(16(25)19(27)24(13)17)18(26)22-8-11-4-6-12(20)7-5-11/h3-11,17,19H,2,12-14H2,1H3,(H,27,30);4-7,13-14,21,25H,3,8-10H2,1-2H3,(H,22,26)/t17-,19?;13-,14+/m00/s1. The average Bonchev–Trinajstić information content (AvgIpc) is 3.58. The number of carbonyl (C=O) groups is 2. The molecule has 5 aromatic rings. The van der Waals surface area contributed by atoms with Crippen molar-refractivity contribution in [3.63, 3.8) is 0 Å². The fraction of sp³-hybridized carbons (Fsp3) is 0.349. The van der Waals surface area contributed by atoms with Crippen molar-refractivity contribution in [2.45, 2.75) is 67.6 Å². The summed E-state index contributed by atoms with van der Waals surface area (Å²) in [5.74, 6) is -3.15. The molecule has 0 saturated heterocycles. The van der Waals surface area contributed by atoms with Gasteiger partial charge in [0.15, 0.2) is 11.4 Å². The van der Waals surface area contributed by atoms with E-state index in [4.69, 9.17) is 13.7 Å². The summed E-state index contributed by atoms with van der Waals surface area (Å²) in [4.78, 5) is 60.2. The maximum absolute atomic E-state index is 13.7. The molecule has 0 saturated carbocycles. The van der Waals surface area contributed by atoms with Gasteiger partial charge in [-0.15, -0.1) is 0 Å². The van der Waals surface area contributed by atoms with Crippen molar-refractivity contribution < 1.29 is 45.6 Å². The molecule has 2 aliphatic heterocycles.